The summed E-state index contributed by atoms with van der Waals surface area (Å²) in [7, 11) is -0.644. The molecule has 0 saturated heterocycles. The predicted molar refractivity (Wildman–Crippen MR) is 121 cm³/mol. The number of hydrogen-bond donors (Lipinski definition) is 1. The zero-order valence-electron chi connectivity index (χ0n) is 17.5. The highest BCUT2D eigenvalue weighted by atomic mass is 32.2. The van der Waals surface area contributed by atoms with Gasteiger partial charge in [0.2, 0.25) is 0 Å². The summed E-state index contributed by atoms with van der Waals surface area (Å²) in [5.41, 5.74) is 1.36. The first-order valence-electron chi connectivity index (χ1n) is 9.62. The average molecular weight is 441 g/mol. The molecule has 0 aliphatic heterocycles. The third-order valence-electron chi connectivity index (χ3n) is 4.69. The third kappa shape index (κ3) is 4.80. The van der Waals surface area contributed by atoms with Crippen LogP contribution in [0, 0.1) is 0 Å². The van der Waals surface area contributed by atoms with Crippen LogP contribution in [0.2, 0.25) is 0 Å². The van der Waals surface area contributed by atoms with Gasteiger partial charge in [0.25, 0.3) is 15.9 Å². The van der Waals surface area contributed by atoms with E-state index in [1.807, 2.05) is 0 Å². The summed E-state index contributed by atoms with van der Waals surface area (Å²) in [5.74, 6) is 0.734. The zero-order valence-corrected chi connectivity index (χ0v) is 18.3. The smallest absolute Gasteiger partial charge is 0.264 e. The van der Waals surface area contributed by atoms with E-state index in [2.05, 4.69) is 5.32 Å². The van der Waals surface area contributed by atoms with Crippen LogP contribution in [0.3, 0.4) is 0 Å². The quantitative estimate of drug-likeness (QED) is 0.568. The van der Waals surface area contributed by atoms with E-state index >= 15 is 0 Å². The maximum Gasteiger partial charge on any atom is 0.264 e. The molecule has 0 fully saturated rings. The van der Waals surface area contributed by atoms with Crippen LogP contribution in [-0.2, 0) is 10.0 Å². The summed E-state index contributed by atoms with van der Waals surface area (Å²) in [5, 5.41) is 2.80. The molecule has 8 heteroatoms. The standard InChI is InChI=1S/C23H24N2O5S/c1-4-25(31(27,28)20-8-6-5-7-9-20)18-12-10-17(11-13-18)23(26)24-21-15-14-19(29-2)16-22(21)30-3/h5-16H,4H2,1-3H3,(H,24,26). The number of carbonyl (C=O) groups excluding carboxylic acids is 1. The van der Waals surface area contributed by atoms with E-state index in [0.29, 0.717) is 28.4 Å². The molecule has 0 bridgehead atoms. The molecule has 0 atom stereocenters. The highest BCUT2D eigenvalue weighted by Crippen LogP contribution is 2.30. The lowest BCUT2D eigenvalue weighted by atomic mass is 10.2. The minimum atomic E-state index is -3.70. The first-order valence-corrected chi connectivity index (χ1v) is 11.1. The van der Waals surface area contributed by atoms with Gasteiger partial charge in [-0.3, -0.25) is 9.10 Å². The van der Waals surface area contributed by atoms with Gasteiger partial charge in [0.05, 0.1) is 30.5 Å². The maximum absolute atomic E-state index is 13.0. The number of sulfonamides is 1. The van der Waals surface area contributed by atoms with Crippen LogP contribution in [0.4, 0.5) is 11.4 Å². The largest absolute Gasteiger partial charge is 0.497 e. The van der Waals surface area contributed by atoms with E-state index in [9.17, 15) is 13.2 Å². The Morgan fingerprint density at radius 3 is 2.19 bits per heavy atom. The number of carbonyl (C=O) groups is 1. The molecule has 0 spiro atoms. The fourth-order valence-electron chi connectivity index (χ4n) is 3.09. The summed E-state index contributed by atoms with van der Waals surface area (Å²) in [6.45, 7) is 2.02. The van der Waals surface area contributed by atoms with Crippen LogP contribution in [-0.4, -0.2) is 35.1 Å². The van der Waals surface area contributed by atoms with Crippen molar-refractivity contribution in [3.8, 4) is 11.5 Å². The number of anilines is 2. The molecule has 3 rings (SSSR count). The van der Waals surface area contributed by atoms with Crippen molar-refractivity contribution < 1.29 is 22.7 Å². The summed E-state index contributed by atoms with van der Waals surface area (Å²) < 4.78 is 37.7. The number of nitrogens with one attached hydrogen (secondary N) is 1. The van der Waals surface area contributed by atoms with E-state index in [4.69, 9.17) is 9.47 Å². The summed E-state index contributed by atoms with van der Waals surface area (Å²) in [6, 6.07) is 19.7. The highest BCUT2D eigenvalue weighted by molar-refractivity contribution is 7.92. The lowest BCUT2D eigenvalue weighted by Crippen LogP contribution is -2.30. The van der Waals surface area contributed by atoms with Crippen LogP contribution in [0.1, 0.15) is 17.3 Å². The third-order valence-corrected chi connectivity index (χ3v) is 6.61. The molecule has 0 saturated carbocycles. The fraction of sp³-hybridized carbons (Fsp3) is 0.174. The Kier molecular flexibility index (Phi) is 6.81. The molecule has 1 amide bonds. The number of hydrogen-bond acceptors (Lipinski definition) is 5. The van der Waals surface area contributed by atoms with Gasteiger partial charge in [-0.1, -0.05) is 18.2 Å². The van der Waals surface area contributed by atoms with Crippen molar-refractivity contribution in [2.75, 3.05) is 30.4 Å². The highest BCUT2D eigenvalue weighted by Gasteiger charge is 2.23. The topological polar surface area (TPSA) is 84.9 Å². The summed E-state index contributed by atoms with van der Waals surface area (Å²) >= 11 is 0. The molecule has 162 valence electrons. The second kappa shape index (κ2) is 9.53. The first-order chi connectivity index (χ1) is 14.9. The minimum absolute atomic E-state index is 0.213. The van der Waals surface area contributed by atoms with E-state index < -0.39 is 10.0 Å². The van der Waals surface area contributed by atoms with Crippen LogP contribution < -0.4 is 19.1 Å². The Bertz CT molecular complexity index is 1150. The normalized spacial score (nSPS) is 10.9. The number of nitrogens with zero attached hydrogens (tertiary/aromatic N) is 1. The van der Waals surface area contributed by atoms with Gasteiger partial charge in [0.15, 0.2) is 0 Å². The van der Waals surface area contributed by atoms with Gasteiger partial charge in [-0.2, -0.15) is 0 Å². The molecule has 0 aliphatic carbocycles. The van der Waals surface area contributed by atoms with Gasteiger partial charge >= 0.3 is 0 Å². The minimum Gasteiger partial charge on any atom is -0.497 e. The number of benzene rings is 3. The van der Waals surface area contributed by atoms with Crippen molar-refractivity contribution in [2.24, 2.45) is 0 Å². The van der Waals surface area contributed by atoms with Crippen molar-refractivity contribution in [3.05, 3.63) is 78.4 Å². The van der Waals surface area contributed by atoms with Gasteiger partial charge in [-0.15, -0.1) is 0 Å². The number of rotatable bonds is 8. The Balaban J connectivity index is 1.81. The van der Waals surface area contributed by atoms with E-state index in [-0.39, 0.29) is 17.3 Å². The predicted octanol–water partition coefficient (Wildman–Crippen LogP) is 4.17. The molecule has 7 nitrogen and oxygen atoms in total. The Labute approximate surface area is 182 Å². The van der Waals surface area contributed by atoms with Crippen molar-refractivity contribution in [1.29, 1.82) is 0 Å². The van der Waals surface area contributed by atoms with E-state index in [0.717, 1.165) is 0 Å². The number of methoxy groups -OCH3 is 2. The Morgan fingerprint density at radius 2 is 1.61 bits per heavy atom. The van der Waals surface area contributed by atoms with Gasteiger partial charge < -0.3 is 14.8 Å². The molecule has 0 radical (unpaired) electrons. The van der Waals surface area contributed by atoms with Crippen LogP contribution in [0.15, 0.2) is 77.7 Å². The maximum atomic E-state index is 13.0. The summed E-state index contributed by atoms with van der Waals surface area (Å²) in [6.07, 6.45) is 0. The second-order valence-corrected chi connectivity index (χ2v) is 8.41. The second-order valence-electron chi connectivity index (χ2n) is 6.55. The van der Waals surface area contributed by atoms with E-state index in [1.165, 1.54) is 11.4 Å². The average Bonchev–Trinajstić information content (AvgIpc) is 2.80. The van der Waals surface area contributed by atoms with Gasteiger partial charge in [-0.25, -0.2) is 8.42 Å². The lowest BCUT2D eigenvalue weighted by molar-refractivity contribution is 0.102. The van der Waals surface area contributed by atoms with Crippen LogP contribution >= 0.6 is 0 Å². The first kappa shape index (κ1) is 22.2. The lowest BCUT2D eigenvalue weighted by Gasteiger charge is -2.23. The number of ether oxygens (including phenoxy) is 2. The molecule has 0 unspecified atom stereocenters. The number of amides is 1. The molecule has 1 N–H and O–H groups in total. The van der Waals surface area contributed by atoms with Crippen molar-refractivity contribution in [3.63, 3.8) is 0 Å². The van der Waals surface area contributed by atoms with Crippen LogP contribution in [0.25, 0.3) is 0 Å². The Morgan fingerprint density at radius 1 is 0.935 bits per heavy atom. The van der Waals surface area contributed by atoms with Gasteiger partial charge in [0.1, 0.15) is 11.5 Å². The van der Waals surface area contributed by atoms with Crippen LogP contribution in [0.5, 0.6) is 11.5 Å². The van der Waals surface area contributed by atoms with Crippen molar-refractivity contribution >= 4 is 27.3 Å². The fourth-order valence-corrected chi connectivity index (χ4v) is 4.58. The zero-order chi connectivity index (χ0) is 22.4. The monoisotopic (exact) mass is 440 g/mol. The SMILES string of the molecule is CCN(c1ccc(C(=O)Nc2ccc(OC)cc2OC)cc1)S(=O)(=O)c1ccccc1. The van der Waals surface area contributed by atoms with Crippen molar-refractivity contribution in [2.45, 2.75) is 11.8 Å². The molecule has 0 aromatic heterocycles. The molecule has 0 heterocycles. The van der Waals surface area contributed by atoms with E-state index in [1.54, 1.807) is 86.8 Å². The Hall–Kier alpha value is -3.52. The van der Waals surface area contributed by atoms with Crippen molar-refractivity contribution in [1.82, 2.24) is 0 Å². The van der Waals surface area contributed by atoms with Gasteiger partial charge in [-0.05, 0) is 55.5 Å². The molecule has 0 aliphatic rings. The molecule has 31 heavy (non-hydrogen) atoms. The molecular formula is C23H24N2O5S. The molecule has 3 aromatic carbocycles. The molecule has 3 aromatic rings. The van der Waals surface area contributed by atoms with Gasteiger partial charge in [0, 0.05) is 18.2 Å². The molecular weight excluding hydrogens is 416 g/mol. The summed E-state index contributed by atoms with van der Waals surface area (Å²) in [4.78, 5) is 12.9.